The van der Waals surface area contributed by atoms with Gasteiger partial charge in [-0.25, -0.2) is 0 Å². The summed E-state index contributed by atoms with van der Waals surface area (Å²) in [7, 11) is 0. The van der Waals surface area contributed by atoms with Gasteiger partial charge in [-0.05, 0) is 17.0 Å². The third-order valence-electron chi connectivity index (χ3n) is 2.65. The summed E-state index contributed by atoms with van der Waals surface area (Å²) in [4.78, 5) is 21.1. The van der Waals surface area contributed by atoms with Gasteiger partial charge in [0.2, 0.25) is 6.41 Å². The zero-order valence-corrected chi connectivity index (χ0v) is 10.0. The first kappa shape index (κ1) is 13.2. The fourth-order valence-corrected chi connectivity index (χ4v) is 1.64. The molecule has 0 saturated heterocycles. The summed E-state index contributed by atoms with van der Waals surface area (Å²) in [6.07, 6.45) is 0.420. The van der Waals surface area contributed by atoms with Gasteiger partial charge in [-0.1, -0.05) is 38.1 Å². The standard InChI is InChI=1S/C13H17NO3/c1-9(2)10-3-5-11(6-4-10)12(14-8-15)7-13(16)17/h3-6,8-9,12H,7H2,1-2H3,(H,14,15)(H,16,17)/t12-/m0/s1. The zero-order valence-electron chi connectivity index (χ0n) is 10.0. The van der Waals surface area contributed by atoms with Crippen molar-refractivity contribution >= 4 is 12.4 Å². The molecule has 0 saturated carbocycles. The molecule has 0 radical (unpaired) electrons. The molecule has 0 unspecified atom stereocenters. The predicted molar refractivity (Wildman–Crippen MR) is 64.7 cm³/mol. The fraction of sp³-hybridized carbons (Fsp3) is 0.385. The predicted octanol–water partition coefficient (Wildman–Crippen LogP) is 2.07. The van der Waals surface area contributed by atoms with E-state index in [0.717, 1.165) is 5.56 Å². The Morgan fingerprint density at radius 3 is 2.24 bits per heavy atom. The molecular weight excluding hydrogens is 218 g/mol. The van der Waals surface area contributed by atoms with Gasteiger partial charge in [0.25, 0.3) is 0 Å². The minimum Gasteiger partial charge on any atom is -0.481 e. The monoisotopic (exact) mass is 235 g/mol. The van der Waals surface area contributed by atoms with Gasteiger partial charge in [0, 0.05) is 0 Å². The number of carboxylic acids is 1. The van der Waals surface area contributed by atoms with Crippen molar-refractivity contribution in [1.82, 2.24) is 5.32 Å². The number of nitrogens with one attached hydrogen (secondary N) is 1. The molecule has 4 heteroatoms. The van der Waals surface area contributed by atoms with Crippen LogP contribution in [0.5, 0.6) is 0 Å². The number of carbonyl (C=O) groups is 2. The fourth-order valence-electron chi connectivity index (χ4n) is 1.64. The van der Waals surface area contributed by atoms with E-state index in [2.05, 4.69) is 19.2 Å². The van der Waals surface area contributed by atoms with Crippen LogP contribution < -0.4 is 5.32 Å². The molecular formula is C13H17NO3. The SMILES string of the molecule is CC(C)c1ccc([C@H](CC(=O)O)NC=O)cc1. The Labute approximate surface area is 101 Å². The van der Waals surface area contributed by atoms with E-state index in [0.29, 0.717) is 12.3 Å². The van der Waals surface area contributed by atoms with E-state index < -0.39 is 12.0 Å². The van der Waals surface area contributed by atoms with Crippen LogP contribution in [0.4, 0.5) is 0 Å². The number of benzene rings is 1. The molecule has 0 aliphatic carbocycles. The van der Waals surface area contributed by atoms with Crippen molar-refractivity contribution in [3.8, 4) is 0 Å². The zero-order chi connectivity index (χ0) is 12.8. The largest absolute Gasteiger partial charge is 0.481 e. The van der Waals surface area contributed by atoms with E-state index in [4.69, 9.17) is 5.11 Å². The Kier molecular flexibility index (Phi) is 4.69. The van der Waals surface area contributed by atoms with Crippen molar-refractivity contribution in [1.29, 1.82) is 0 Å². The molecule has 0 heterocycles. The topological polar surface area (TPSA) is 66.4 Å². The van der Waals surface area contributed by atoms with Crippen LogP contribution in [-0.2, 0) is 9.59 Å². The average molecular weight is 235 g/mol. The molecule has 17 heavy (non-hydrogen) atoms. The second kappa shape index (κ2) is 6.03. The summed E-state index contributed by atoms with van der Waals surface area (Å²) in [5.74, 6) is -0.502. The minimum atomic E-state index is -0.933. The summed E-state index contributed by atoms with van der Waals surface area (Å²) in [6, 6.07) is 7.17. The highest BCUT2D eigenvalue weighted by atomic mass is 16.4. The highest BCUT2D eigenvalue weighted by Crippen LogP contribution is 2.20. The molecule has 1 rings (SSSR count). The lowest BCUT2D eigenvalue weighted by Crippen LogP contribution is -2.22. The number of carboxylic acid groups (broad SMARTS) is 1. The maximum atomic E-state index is 10.7. The second-order valence-corrected chi connectivity index (χ2v) is 4.26. The molecule has 0 aliphatic rings. The van der Waals surface area contributed by atoms with Gasteiger partial charge in [-0.3, -0.25) is 9.59 Å². The molecule has 1 aromatic carbocycles. The average Bonchev–Trinajstić information content (AvgIpc) is 2.28. The second-order valence-electron chi connectivity index (χ2n) is 4.26. The van der Waals surface area contributed by atoms with E-state index in [-0.39, 0.29) is 6.42 Å². The van der Waals surface area contributed by atoms with Gasteiger partial charge in [0.15, 0.2) is 0 Å². The van der Waals surface area contributed by atoms with Crippen LogP contribution in [0, 0.1) is 0 Å². The van der Waals surface area contributed by atoms with E-state index in [1.54, 1.807) is 0 Å². The quantitative estimate of drug-likeness (QED) is 0.742. The maximum absolute atomic E-state index is 10.7. The number of hydrogen-bond acceptors (Lipinski definition) is 2. The van der Waals surface area contributed by atoms with E-state index in [1.807, 2.05) is 24.3 Å². The number of hydrogen-bond donors (Lipinski definition) is 2. The van der Waals surface area contributed by atoms with Crippen molar-refractivity contribution in [3.05, 3.63) is 35.4 Å². The van der Waals surface area contributed by atoms with Crippen molar-refractivity contribution in [2.45, 2.75) is 32.2 Å². The number of rotatable bonds is 6. The van der Waals surface area contributed by atoms with E-state index in [9.17, 15) is 9.59 Å². The molecule has 0 fully saturated rings. The van der Waals surface area contributed by atoms with Gasteiger partial charge >= 0.3 is 5.97 Å². The van der Waals surface area contributed by atoms with Crippen molar-refractivity contribution in [2.75, 3.05) is 0 Å². The molecule has 2 N–H and O–H groups in total. The molecule has 4 nitrogen and oxygen atoms in total. The highest BCUT2D eigenvalue weighted by molar-refractivity contribution is 5.68. The van der Waals surface area contributed by atoms with Crippen LogP contribution in [0.3, 0.4) is 0 Å². The summed E-state index contributed by atoms with van der Waals surface area (Å²) in [5, 5.41) is 11.3. The molecule has 1 amide bonds. The summed E-state index contributed by atoms with van der Waals surface area (Å²) >= 11 is 0. The molecule has 0 bridgehead atoms. The van der Waals surface area contributed by atoms with Crippen LogP contribution in [-0.4, -0.2) is 17.5 Å². The lowest BCUT2D eigenvalue weighted by Gasteiger charge is -2.15. The molecule has 0 aromatic heterocycles. The van der Waals surface area contributed by atoms with E-state index in [1.165, 1.54) is 5.56 Å². The van der Waals surface area contributed by atoms with E-state index >= 15 is 0 Å². The summed E-state index contributed by atoms with van der Waals surface area (Å²) < 4.78 is 0. The van der Waals surface area contributed by atoms with Crippen LogP contribution in [0.25, 0.3) is 0 Å². The van der Waals surface area contributed by atoms with Gasteiger partial charge < -0.3 is 10.4 Å². The molecule has 0 aliphatic heterocycles. The number of carbonyl (C=O) groups excluding carboxylic acids is 1. The third kappa shape index (κ3) is 3.90. The van der Waals surface area contributed by atoms with Gasteiger partial charge in [-0.15, -0.1) is 0 Å². The molecule has 1 atom stereocenters. The van der Waals surface area contributed by atoms with Crippen LogP contribution in [0.1, 0.15) is 43.4 Å². The van der Waals surface area contributed by atoms with Crippen molar-refractivity contribution in [2.24, 2.45) is 0 Å². The Hall–Kier alpha value is -1.84. The third-order valence-corrected chi connectivity index (χ3v) is 2.65. The lowest BCUT2D eigenvalue weighted by molar-refractivity contribution is -0.137. The first-order chi connectivity index (χ1) is 8.04. The summed E-state index contributed by atoms with van der Waals surface area (Å²) in [5.41, 5.74) is 2.00. The number of amides is 1. The Morgan fingerprint density at radius 1 is 1.29 bits per heavy atom. The molecule has 0 spiro atoms. The van der Waals surface area contributed by atoms with Gasteiger partial charge in [-0.2, -0.15) is 0 Å². The first-order valence-corrected chi connectivity index (χ1v) is 5.56. The highest BCUT2D eigenvalue weighted by Gasteiger charge is 2.14. The lowest BCUT2D eigenvalue weighted by atomic mass is 9.98. The normalized spacial score (nSPS) is 12.2. The van der Waals surface area contributed by atoms with Crippen LogP contribution >= 0.6 is 0 Å². The Balaban J connectivity index is 2.86. The Morgan fingerprint density at radius 2 is 1.82 bits per heavy atom. The Bertz CT molecular complexity index is 384. The van der Waals surface area contributed by atoms with Crippen LogP contribution in [0.2, 0.25) is 0 Å². The molecule has 1 aromatic rings. The first-order valence-electron chi connectivity index (χ1n) is 5.56. The van der Waals surface area contributed by atoms with Crippen molar-refractivity contribution < 1.29 is 14.7 Å². The summed E-state index contributed by atoms with van der Waals surface area (Å²) in [6.45, 7) is 4.18. The maximum Gasteiger partial charge on any atom is 0.305 e. The van der Waals surface area contributed by atoms with Crippen molar-refractivity contribution in [3.63, 3.8) is 0 Å². The number of aliphatic carboxylic acids is 1. The van der Waals surface area contributed by atoms with Crippen LogP contribution in [0.15, 0.2) is 24.3 Å². The van der Waals surface area contributed by atoms with Gasteiger partial charge in [0.1, 0.15) is 0 Å². The minimum absolute atomic E-state index is 0.111. The molecule has 92 valence electrons. The smallest absolute Gasteiger partial charge is 0.305 e. The van der Waals surface area contributed by atoms with Gasteiger partial charge in [0.05, 0.1) is 12.5 Å².